The van der Waals surface area contributed by atoms with Gasteiger partial charge in [0, 0.05) is 6.07 Å². The van der Waals surface area contributed by atoms with E-state index in [0.29, 0.717) is 0 Å². The minimum absolute atomic E-state index is 0.0796. The van der Waals surface area contributed by atoms with Gasteiger partial charge in [0.2, 0.25) is 0 Å². The molecule has 8 heteroatoms. The number of methoxy groups -OCH3 is 1. The van der Waals surface area contributed by atoms with Crippen LogP contribution in [-0.2, 0) is 9.53 Å². The molecular weight excluding hydrogens is 244 g/mol. The van der Waals surface area contributed by atoms with Gasteiger partial charge in [0.1, 0.15) is 11.8 Å². The molecule has 0 saturated carbocycles. The second-order valence-electron chi connectivity index (χ2n) is 3.49. The van der Waals surface area contributed by atoms with E-state index in [-0.39, 0.29) is 16.9 Å². The number of nitrogens with two attached hydrogens (primary N) is 1. The minimum atomic E-state index is -1.78. The number of nitro groups is 1. The third-order valence-electron chi connectivity index (χ3n) is 2.33. The third-order valence-corrected chi connectivity index (χ3v) is 2.33. The van der Waals surface area contributed by atoms with Gasteiger partial charge in [-0.2, -0.15) is 0 Å². The van der Waals surface area contributed by atoms with Crippen molar-refractivity contribution in [3.63, 3.8) is 0 Å². The average molecular weight is 256 g/mol. The molecule has 2 unspecified atom stereocenters. The Labute approximate surface area is 102 Å². The monoisotopic (exact) mass is 256 g/mol. The predicted molar refractivity (Wildman–Crippen MR) is 60.5 cm³/mol. The van der Waals surface area contributed by atoms with Crippen LogP contribution in [0.4, 0.5) is 11.4 Å². The number of benzene rings is 1. The first kappa shape index (κ1) is 13.9. The number of carbonyl (C=O) groups is 1. The molecule has 0 bridgehead atoms. The highest BCUT2D eigenvalue weighted by molar-refractivity contribution is 5.75. The number of hydrogen-bond acceptors (Lipinski definition) is 7. The molecule has 98 valence electrons. The first-order valence-electron chi connectivity index (χ1n) is 4.86. The molecule has 0 fully saturated rings. The van der Waals surface area contributed by atoms with Crippen LogP contribution in [0.5, 0.6) is 0 Å². The number of carbonyl (C=O) groups excluding carboxylic acids is 1. The number of nitro benzene ring substituents is 1. The molecule has 2 atom stereocenters. The van der Waals surface area contributed by atoms with Crippen molar-refractivity contribution in [2.24, 2.45) is 0 Å². The molecule has 1 rings (SSSR count). The molecular formula is C10H12N2O6. The number of hydrogen-bond donors (Lipinski definition) is 3. The summed E-state index contributed by atoms with van der Waals surface area (Å²) in [6, 6.07) is 3.40. The van der Waals surface area contributed by atoms with E-state index in [0.717, 1.165) is 19.2 Å². The van der Waals surface area contributed by atoms with Gasteiger partial charge in [-0.25, -0.2) is 4.79 Å². The van der Waals surface area contributed by atoms with Crippen molar-refractivity contribution in [2.75, 3.05) is 12.8 Å². The molecule has 0 heterocycles. The van der Waals surface area contributed by atoms with Gasteiger partial charge in [0.05, 0.1) is 12.0 Å². The molecule has 0 aliphatic rings. The zero-order valence-corrected chi connectivity index (χ0v) is 9.44. The minimum Gasteiger partial charge on any atom is -0.467 e. The molecule has 0 aliphatic heterocycles. The van der Waals surface area contributed by atoms with Gasteiger partial charge in [-0.15, -0.1) is 0 Å². The van der Waals surface area contributed by atoms with E-state index in [9.17, 15) is 25.1 Å². The van der Waals surface area contributed by atoms with E-state index in [4.69, 9.17) is 5.73 Å². The van der Waals surface area contributed by atoms with Crippen LogP contribution < -0.4 is 5.73 Å². The Hall–Kier alpha value is -2.19. The molecule has 0 saturated heterocycles. The molecule has 0 spiro atoms. The van der Waals surface area contributed by atoms with E-state index in [2.05, 4.69) is 4.74 Å². The largest absolute Gasteiger partial charge is 0.467 e. The number of nitrogen functional groups attached to an aromatic ring is 1. The van der Waals surface area contributed by atoms with Gasteiger partial charge < -0.3 is 20.7 Å². The smallest absolute Gasteiger partial charge is 0.337 e. The lowest BCUT2D eigenvalue weighted by atomic mass is 10.0. The normalized spacial score (nSPS) is 13.7. The zero-order valence-electron chi connectivity index (χ0n) is 9.44. The highest BCUT2D eigenvalue weighted by atomic mass is 16.6. The van der Waals surface area contributed by atoms with Gasteiger partial charge >= 0.3 is 5.97 Å². The third kappa shape index (κ3) is 2.73. The van der Waals surface area contributed by atoms with Crippen molar-refractivity contribution < 1.29 is 24.7 Å². The molecule has 8 nitrogen and oxygen atoms in total. The van der Waals surface area contributed by atoms with Crippen molar-refractivity contribution in [2.45, 2.75) is 12.2 Å². The molecule has 0 amide bonds. The Morgan fingerprint density at radius 1 is 1.50 bits per heavy atom. The van der Waals surface area contributed by atoms with Gasteiger partial charge in [0.15, 0.2) is 6.10 Å². The lowest BCUT2D eigenvalue weighted by Crippen LogP contribution is -2.29. The molecule has 4 N–H and O–H groups in total. The summed E-state index contributed by atoms with van der Waals surface area (Å²) in [5, 5.41) is 29.6. The number of nitrogens with zero attached hydrogens (tertiary/aromatic N) is 1. The van der Waals surface area contributed by atoms with Gasteiger partial charge in [-0.3, -0.25) is 10.1 Å². The Morgan fingerprint density at radius 2 is 2.11 bits per heavy atom. The fourth-order valence-electron chi connectivity index (χ4n) is 1.36. The standard InChI is InChI=1S/C10H12N2O6/c1-18-10(15)9(14)8(13)5-2-3-7(12(16)17)6(11)4-5/h2-4,8-9,13-14H,11H2,1H3. The van der Waals surface area contributed by atoms with Crippen LogP contribution in [0.15, 0.2) is 18.2 Å². The van der Waals surface area contributed by atoms with Crippen molar-refractivity contribution in [3.8, 4) is 0 Å². The number of aliphatic hydroxyl groups is 2. The Morgan fingerprint density at radius 3 is 2.56 bits per heavy atom. The molecule has 0 aliphatic carbocycles. The summed E-state index contributed by atoms with van der Waals surface area (Å²) in [5.74, 6) is -1.01. The highest BCUT2D eigenvalue weighted by Crippen LogP contribution is 2.26. The van der Waals surface area contributed by atoms with Gasteiger partial charge in [0.25, 0.3) is 5.69 Å². The van der Waals surface area contributed by atoms with Crippen LogP contribution in [0.25, 0.3) is 0 Å². The van der Waals surface area contributed by atoms with Crippen molar-refractivity contribution in [1.82, 2.24) is 0 Å². The summed E-state index contributed by atoms with van der Waals surface area (Å²) < 4.78 is 4.26. The molecule has 1 aromatic rings. The van der Waals surface area contributed by atoms with Gasteiger partial charge in [-0.1, -0.05) is 0 Å². The van der Waals surface area contributed by atoms with Crippen LogP contribution in [-0.4, -0.2) is 34.3 Å². The van der Waals surface area contributed by atoms with E-state index in [1.54, 1.807) is 0 Å². The van der Waals surface area contributed by atoms with Crippen LogP contribution in [0, 0.1) is 10.1 Å². The van der Waals surface area contributed by atoms with Crippen molar-refractivity contribution >= 4 is 17.3 Å². The number of esters is 1. The summed E-state index contributed by atoms with van der Waals surface area (Å²) in [7, 11) is 1.06. The predicted octanol–water partition coefficient (Wildman–Crippen LogP) is -0.256. The van der Waals surface area contributed by atoms with Gasteiger partial charge in [-0.05, 0) is 17.7 Å². The summed E-state index contributed by atoms with van der Waals surface area (Å²) in [5.41, 5.74) is 5.00. The van der Waals surface area contributed by atoms with Crippen molar-refractivity contribution in [1.29, 1.82) is 0 Å². The Bertz CT molecular complexity index is 475. The van der Waals surface area contributed by atoms with E-state index in [1.165, 1.54) is 6.07 Å². The first-order valence-corrected chi connectivity index (χ1v) is 4.86. The number of aliphatic hydroxyl groups excluding tert-OH is 2. The topological polar surface area (TPSA) is 136 Å². The Balaban J connectivity index is 3.01. The fourth-order valence-corrected chi connectivity index (χ4v) is 1.36. The lowest BCUT2D eigenvalue weighted by molar-refractivity contribution is -0.383. The second kappa shape index (κ2) is 5.43. The first-order chi connectivity index (χ1) is 8.38. The number of anilines is 1. The summed E-state index contributed by atoms with van der Waals surface area (Å²) in [4.78, 5) is 20.9. The molecule has 0 aromatic heterocycles. The van der Waals surface area contributed by atoms with E-state index in [1.807, 2.05) is 0 Å². The molecule has 1 aromatic carbocycles. The van der Waals surface area contributed by atoms with Crippen LogP contribution in [0.3, 0.4) is 0 Å². The number of rotatable bonds is 4. The summed E-state index contributed by atoms with van der Waals surface area (Å²) >= 11 is 0. The molecule has 0 radical (unpaired) electrons. The maximum atomic E-state index is 11.0. The second-order valence-corrected chi connectivity index (χ2v) is 3.49. The van der Waals surface area contributed by atoms with E-state index < -0.39 is 23.1 Å². The average Bonchev–Trinajstić information content (AvgIpc) is 2.35. The lowest BCUT2D eigenvalue weighted by Gasteiger charge is -2.16. The van der Waals surface area contributed by atoms with Crippen LogP contribution >= 0.6 is 0 Å². The summed E-state index contributed by atoms with van der Waals surface area (Å²) in [6.45, 7) is 0. The maximum Gasteiger partial charge on any atom is 0.337 e. The highest BCUT2D eigenvalue weighted by Gasteiger charge is 2.27. The summed E-state index contributed by atoms with van der Waals surface area (Å²) in [6.07, 6.45) is -3.35. The SMILES string of the molecule is COC(=O)C(O)C(O)c1ccc([N+](=O)[O-])c(N)c1. The van der Waals surface area contributed by atoms with Crippen molar-refractivity contribution in [3.05, 3.63) is 33.9 Å². The molecule has 18 heavy (non-hydrogen) atoms. The van der Waals surface area contributed by atoms with Crippen LogP contribution in [0.1, 0.15) is 11.7 Å². The Kier molecular flexibility index (Phi) is 4.18. The van der Waals surface area contributed by atoms with E-state index >= 15 is 0 Å². The number of ether oxygens (including phenoxy) is 1. The quantitative estimate of drug-likeness (QED) is 0.292. The zero-order chi connectivity index (χ0) is 13.9. The maximum absolute atomic E-state index is 11.0. The fraction of sp³-hybridized carbons (Fsp3) is 0.300. The van der Waals surface area contributed by atoms with Crippen LogP contribution in [0.2, 0.25) is 0 Å².